The summed E-state index contributed by atoms with van der Waals surface area (Å²) in [5, 5.41) is 0. The number of carbonyl (C=O) groups is 3. The van der Waals surface area contributed by atoms with Crippen molar-refractivity contribution in [1.29, 1.82) is 0 Å². The van der Waals surface area contributed by atoms with E-state index in [1.54, 1.807) is 30.3 Å². The molecule has 0 amide bonds. The molecule has 2 aliphatic rings. The van der Waals surface area contributed by atoms with Crippen LogP contribution in [0.25, 0.3) is 0 Å². The fourth-order valence-corrected chi connectivity index (χ4v) is 3.55. The van der Waals surface area contributed by atoms with Gasteiger partial charge in [0, 0.05) is 21.0 Å². The summed E-state index contributed by atoms with van der Waals surface area (Å²) in [6.45, 7) is 2.50. The summed E-state index contributed by atoms with van der Waals surface area (Å²) in [4.78, 5) is 35.6. The SMILES string of the molecule is COC1O[C@@]2(CC[C@@H]2OC(=O)c2ccccc2)[C@H](OC(C)=O)C1OC(C)=O. The normalized spacial score (nSPS) is 31.8. The highest BCUT2D eigenvalue weighted by molar-refractivity contribution is 5.89. The molecule has 8 nitrogen and oxygen atoms in total. The molecule has 1 spiro atoms. The maximum absolute atomic E-state index is 12.4. The minimum Gasteiger partial charge on any atom is -0.456 e. The molecule has 2 unspecified atom stereocenters. The zero-order chi connectivity index (χ0) is 19.6. The van der Waals surface area contributed by atoms with E-state index in [1.165, 1.54) is 21.0 Å². The first-order valence-electron chi connectivity index (χ1n) is 8.68. The smallest absolute Gasteiger partial charge is 0.338 e. The van der Waals surface area contributed by atoms with E-state index >= 15 is 0 Å². The summed E-state index contributed by atoms with van der Waals surface area (Å²) >= 11 is 0. The first-order valence-corrected chi connectivity index (χ1v) is 8.68. The topological polar surface area (TPSA) is 97.4 Å². The van der Waals surface area contributed by atoms with Crippen LogP contribution >= 0.6 is 0 Å². The second-order valence-corrected chi connectivity index (χ2v) is 6.58. The number of ether oxygens (including phenoxy) is 5. The van der Waals surface area contributed by atoms with Gasteiger partial charge in [0.05, 0.1) is 5.56 Å². The summed E-state index contributed by atoms with van der Waals surface area (Å²) in [5.74, 6) is -1.62. The van der Waals surface area contributed by atoms with Gasteiger partial charge in [-0.2, -0.15) is 0 Å². The van der Waals surface area contributed by atoms with Crippen molar-refractivity contribution in [1.82, 2.24) is 0 Å². The van der Waals surface area contributed by atoms with Gasteiger partial charge < -0.3 is 23.7 Å². The molecule has 5 atom stereocenters. The molecule has 1 saturated carbocycles. The van der Waals surface area contributed by atoms with Gasteiger partial charge in [0.1, 0.15) is 11.7 Å². The Kier molecular flexibility index (Phi) is 5.48. The van der Waals surface area contributed by atoms with Crippen LogP contribution in [0.3, 0.4) is 0 Å². The van der Waals surface area contributed by atoms with Crippen LogP contribution in [0.15, 0.2) is 30.3 Å². The molecular weight excluding hydrogens is 356 g/mol. The highest BCUT2D eigenvalue weighted by Gasteiger charge is 2.68. The average Bonchev–Trinajstić information content (AvgIpc) is 2.94. The van der Waals surface area contributed by atoms with Crippen LogP contribution in [0.2, 0.25) is 0 Å². The van der Waals surface area contributed by atoms with Gasteiger partial charge in [-0.05, 0) is 25.0 Å². The predicted octanol–water partition coefficient (Wildman–Crippen LogP) is 1.61. The number of hydrogen-bond acceptors (Lipinski definition) is 8. The number of methoxy groups -OCH3 is 1. The van der Waals surface area contributed by atoms with Crippen molar-refractivity contribution in [2.24, 2.45) is 0 Å². The summed E-state index contributed by atoms with van der Waals surface area (Å²) < 4.78 is 27.6. The van der Waals surface area contributed by atoms with E-state index in [1.807, 2.05) is 0 Å². The Morgan fingerprint density at radius 3 is 2.22 bits per heavy atom. The van der Waals surface area contributed by atoms with Crippen molar-refractivity contribution in [3.8, 4) is 0 Å². The lowest BCUT2D eigenvalue weighted by Gasteiger charge is -2.47. The Morgan fingerprint density at radius 1 is 1.04 bits per heavy atom. The van der Waals surface area contributed by atoms with Crippen LogP contribution in [-0.4, -0.2) is 55.2 Å². The summed E-state index contributed by atoms with van der Waals surface area (Å²) in [6, 6.07) is 8.56. The lowest BCUT2D eigenvalue weighted by atomic mass is 9.72. The van der Waals surface area contributed by atoms with Gasteiger partial charge in [-0.25, -0.2) is 4.79 Å². The second-order valence-electron chi connectivity index (χ2n) is 6.58. The van der Waals surface area contributed by atoms with Crippen molar-refractivity contribution >= 4 is 17.9 Å². The minimum absolute atomic E-state index is 0.404. The molecule has 1 aliphatic heterocycles. The zero-order valence-corrected chi connectivity index (χ0v) is 15.4. The quantitative estimate of drug-likeness (QED) is 0.563. The Bertz CT molecular complexity index is 718. The van der Waals surface area contributed by atoms with Gasteiger partial charge in [0.2, 0.25) is 0 Å². The van der Waals surface area contributed by atoms with Crippen LogP contribution in [0.5, 0.6) is 0 Å². The number of rotatable bonds is 5. The maximum atomic E-state index is 12.4. The monoisotopic (exact) mass is 378 g/mol. The molecular formula is C19H22O8. The van der Waals surface area contributed by atoms with E-state index in [-0.39, 0.29) is 0 Å². The highest BCUT2D eigenvalue weighted by Crippen LogP contribution is 2.50. The van der Waals surface area contributed by atoms with Crippen LogP contribution in [0.1, 0.15) is 37.0 Å². The second kappa shape index (κ2) is 7.66. The Morgan fingerprint density at radius 2 is 1.70 bits per heavy atom. The number of benzene rings is 1. The summed E-state index contributed by atoms with van der Waals surface area (Å²) in [5.41, 5.74) is -0.710. The van der Waals surface area contributed by atoms with Crippen molar-refractivity contribution in [2.45, 2.75) is 56.9 Å². The van der Waals surface area contributed by atoms with E-state index in [4.69, 9.17) is 23.7 Å². The summed E-state index contributed by atoms with van der Waals surface area (Å²) in [6.07, 6.45) is -2.49. The molecule has 146 valence electrons. The van der Waals surface area contributed by atoms with Gasteiger partial charge in [-0.15, -0.1) is 0 Å². The van der Waals surface area contributed by atoms with Crippen molar-refractivity contribution < 1.29 is 38.1 Å². The standard InChI is InChI=1S/C19H22O8/c1-11(20)24-15-16(25-12(2)21)19(27-18(15)23-3)10-9-14(19)26-17(22)13-7-5-4-6-8-13/h4-8,14-16,18H,9-10H2,1-3H3/t14-,15?,16+,18?,19+/m0/s1. The number of esters is 3. The third-order valence-electron chi connectivity index (χ3n) is 4.81. The van der Waals surface area contributed by atoms with E-state index in [9.17, 15) is 14.4 Å². The van der Waals surface area contributed by atoms with E-state index < -0.39 is 48.1 Å². The molecule has 3 rings (SSSR count). The van der Waals surface area contributed by atoms with Gasteiger partial charge in [0.15, 0.2) is 18.5 Å². The molecule has 0 N–H and O–H groups in total. The molecule has 1 saturated heterocycles. The first-order chi connectivity index (χ1) is 12.9. The van der Waals surface area contributed by atoms with Gasteiger partial charge in [0.25, 0.3) is 0 Å². The number of carbonyl (C=O) groups excluding carboxylic acids is 3. The lowest BCUT2D eigenvalue weighted by molar-refractivity contribution is -0.245. The summed E-state index contributed by atoms with van der Waals surface area (Å²) in [7, 11) is 1.40. The van der Waals surface area contributed by atoms with E-state index in [2.05, 4.69) is 0 Å². The number of hydrogen-bond donors (Lipinski definition) is 0. The van der Waals surface area contributed by atoms with E-state index in [0.29, 0.717) is 18.4 Å². The highest BCUT2D eigenvalue weighted by atomic mass is 16.7. The predicted molar refractivity (Wildman–Crippen MR) is 90.6 cm³/mol. The molecule has 2 fully saturated rings. The molecule has 1 aliphatic carbocycles. The molecule has 1 aromatic rings. The molecule has 0 bridgehead atoms. The van der Waals surface area contributed by atoms with Gasteiger partial charge in [-0.3, -0.25) is 9.59 Å². The molecule has 1 heterocycles. The minimum atomic E-state index is -1.11. The van der Waals surface area contributed by atoms with Gasteiger partial charge in [-0.1, -0.05) is 18.2 Å². The first kappa shape index (κ1) is 19.3. The van der Waals surface area contributed by atoms with Crippen molar-refractivity contribution in [3.63, 3.8) is 0 Å². The van der Waals surface area contributed by atoms with Crippen LogP contribution in [0, 0.1) is 0 Å². The van der Waals surface area contributed by atoms with Crippen LogP contribution in [0.4, 0.5) is 0 Å². The Hall–Kier alpha value is -2.45. The fourth-order valence-electron chi connectivity index (χ4n) is 3.55. The molecule has 0 radical (unpaired) electrons. The molecule has 1 aromatic carbocycles. The fraction of sp³-hybridized carbons (Fsp3) is 0.526. The largest absolute Gasteiger partial charge is 0.456 e. The van der Waals surface area contributed by atoms with Crippen molar-refractivity contribution in [2.75, 3.05) is 7.11 Å². The van der Waals surface area contributed by atoms with Crippen LogP contribution in [-0.2, 0) is 33.3 Å². The molecule has 0 aromatic heterocycles. The zero-order valence-electron chi connectivity index (χ0n) is 15.4. The molecule has 27 heavy (non-hydrogen) atoms. The van der Waals surface area contributed by atoms with Crippen LogP contribution < -0.4 is 0 Å². The van der Waals surface area contributed by atoms with Crippen molar-refractivity contribution in [3.05, 3.63) is 35.9 Å². The van der Waals surface area contributed by atoms with Gasteiger partial charge >= 0.3 is 17.9 Å². The third-order valence-corrected chi connectivity index (χ3v) is 4.81. The Labute approximate surface area is 156 Å². The third kappa shape index (κ3) is 3.68. The Balaban J connectivity index is 1.83. The molecule has 8 heteroatoms. The maximum Gasteiger partial charge on any atom is 0.338 e. The van der Waals surface area contributed by atoms with E-state index in [0.717, 1.165) is 0 Å². The lowest BCUT2D eigenvalue weighted by Crippen LogP contribution is -2.62. The average molecular weight is 378 g/mol.